The highest BCUT2D eigenvalue weighted by atomic mass is 35.5. The van der Waals surface area contributed by atoms with Crippen LogP contribution in [0.1, 0.15) is 34.5 Å². The predicted molar refractivity (Wildman–Crippen MR) is 155 cm³/mol. The molecule has 12 heteroatoms. The SMILES string of the molecule is COc1cc(N2C(=O)Nc3c(C(=O)Nc4ccc(CN5CCCCC5)cc4)sc4ncnc2c34)c(Cl)cc1Cl. The number of methoxy groups -OCH3 is 1. The molecular formula is C27H24Cl2N6O3S. The van der Waals surface area contributed by atoms with Crippen LogP contribution >= 0.6 is 34.5 Å². The summed E-state index contributed by atoms with van der Waals surface area (Å²) in [6.45, 7) is 3.15. The number of hydrogen-bond donors (Lipinski definition) is 2. The van der Waals surface area contributed by atoms with Crippen molar-refractivity contribution in [1.82, 2.24) is 14.9 Å². The summed E-state index contributed by atoms with van der Waals surface area (Å²) in [4.78, 5) is 40.1. The highest BCUT2D eigenvalue weighted by Crippen LogP contribution is 2.47. The number of urea groups is 1. The molecule has 0 atom stereocenters. The Hall–Kier alpha value is -3.44. The molecule has 3 amide bonds. The van der Waals surface area contributed by atoms with Crippen molar-refractivity contribution in [2.75, 3.05) is 35.7 Å². The minimum Gasteiger partial charge on any atom is -0.495 e. The van der Waals surface area contributed by atoms with Gasteiger partial charge in [0.1, 0.15) is 21.8 Å². The lowest BCUT2D eigenvalue weighted by molar-refractivity contribution is 0.103. The van der Waals surface area contributed by atoms with Gasteiger partial charge in [-0.15, -0.1) is 11.3 Å². The van der Waals surface area contributed by atoms with Gasteiger partial charge in [0.05, 0.1) is 33.9 Å². The molecule has 2 aliphatic heterocycles. The standard InChI is InChI=1S/C27H24Cl2N6O3S/c1-38-20-12-19(17(28)11-18(20)29)35-24-21-22(33-27(35)37)23(39-26(21)31-14-30-24)25(36)32-16-7-5-15(6-8-16)13-34-9-3-2-4-10-34/h5-8,11-12,14H,2-4,9-10,13H2,1H3,(H,32,36)(H,33,37). The van der Waals surface area contributed by atoms with E-state index in [2.05, 4.69) is 25.5 Å². The number of likely N-dealkylation sites (tertiary alicyclic amines) is 1. The van der Waals surface area contributed by atoms with E-state index < -0.39 is 6.03 Å². The van der Waals surface area contributed by atoms with Gasteiger partial charge in [-0.1, -0.05) is 41.8 Å². The zero-order chi connectivity index (χ0) is 27.1. The Labute approximate surface area is 238 Å². The first kappa shape index (κ1) is 25.8. The third-order valence-corrected chi connectivity index (χ3v) is 8.54. The molecule has 0 spiro atoms. The number of thiophene rings is 1. The molecule has 0 bridgehead atoms. The fraction of sp³-hybridized carbons (Fsp3) is 0.259. The maximum absolute atomic E-state index is 13.4. The third-order valence-electron chi connectivity index (χ3n) is 6.85. The summed E-state index contributed by atoms with van der Waals surface area (Å²) >= 11 is 13.8. The van der Waals surface area contributed by atoms with E-state index in [-0.39, 0.29) is 10.9 Å². The number of rotatable bonds is 6. The van der Waals surface area contributed by atoms with Crippen LogP contribution in [0.3, 0.4) is 0 Å². The molecule has 0 saturated carbocycles. The molecule has 6 rings (SSSR count). The molecule has 2 aliphatic rings. The van der Waals surface area contributed by atoms with Crippen LogP contribution in [-0.4, -0.2) is 47.0 Å². The van der Waals surface area contributed by atoms with Crippen molar-refractivity contribution in [3.63, 3.8) is 0 Å². The number of aromatic nitrogens is 2. The number of piperidine rings is 1. The maximum Gasteiger partial charge on any atom is 0.332 e. The summed E-state index contributed by atoms with van der Waals surface area (Å²) in [5, 5.41) is 6.89. The summed E-state index contributed by atoms with van der Waals surface area (Å²) < 4.78 is 5.31. The van der Waals surface area contributed by atoms with Crippen LogP contribution in [0.25, 0.3) is 10.2 Å². The molecule has 2 N–H and O–H groups in total. The fourth-order valence-corrected chi connectivity index (χ4v) is 6.48. The first-order chi connectivity index (χ1) is 18.9. The summed E-state index contributed by atoms with van der Waals surface area (Å²) in [6, 6.07) is 10.4. The minimum atomic E-state index is -0.525. The Morgan fingerprint density at radius 2 is 1.87 bits per heavy atom. The zero-order valence-corrected chi connectivity index (χ0v) is 23.3. The maximum atomic E-state index is 13.4. The molecule has 1 saturated heterocycles. The van der Waals surface area contributed by atoms with Gasteiger partial charge in [0.15, 0.2) is 5.82 Å². The zero-order valence-electron chi connectivity index (χ0n) is 21.0. The second kappa shape index (κ2) is 10.6. The molecule has 0 radical (unpaired) electrons. The van der Waals surface area contributed by atoms with Crippen LogP contribution < -0.4 is 20.3 Å². The van der Waals surface area contributed by atoms with Crippen LogP contribution in [0.15, 0.2) is 42.7 Å². The first-order valence-electron chi connectivity index (χ1n) is 12.5. The Balaban J connectivity index is 1.29. The van der Waals surface area contributed by atoms with Gasteiger partial charge in [0.25, 0.3) is 5.91 Å². The van der Waals surface area contributed by atoms with Gasteiger partial charge in [-0.05, 0) is 49.7 Å². The largest absolute Gasteiger partial charge is 0.495 e. The summed E-state index contributed by atoms with van der Waals surface area (Å²) in [5.41, 5.74) is 2.57. The number of hydrogen-bond acceptors (Lipinski definition) is 7. The minimum absolute atomic E-state index is 0.239. The van der Waals surface area contributed by atoms with E-state index in [1.165, 1.54) is 60.6 Å². The smallest absolute Gasteiger partial charge is 0.332 e. The molecule has 0 unspecified atom stereocenters. The van der Waals surface area contributed by atoms with E-state index in [1.54, 1.807) is 6.07 Å². The lowest BCUT2D eigenvalue weighted by Crippen LogP contribution is -2.35. The van der Waals surface area contributed by atoms with Crippen molar-refractivity contribution >= 4 is 79.6 Å². The number of carbonyl (C=O) groups excluding carboxylic acids is 2. The number of anilines is 4. The van der Waals surface area contributed by atoms with E-state index >= 15 is 0 Å². The number of benzene rings is 2. The van der Waals surface area contributed by atoms with E-state index in [0.717, 1.165) is 19.6 Å². The average Bonchev–Trinajstić information content (AvgIpc) is 3.31. The molecular weight excluding hydrogens is 559 g/mol. The van der Waals surface area contributed by atoms with Gasteiger partial charge in [-0.3, -0.25) is 9.69 Å². The molecule has 39 heavy (non-hydrogen) atoms. The van der Waals surface area contributed by atoms with Gasteiger partial charge in [-0.25, -0.2) is 19.7 Å². The quantitative estimate of drug-likeness (QED) is 0.256. The van der Waals surface area contributed by atoms with Crippen molar-refractivity contribution in [3.05, 3.63) is 63.2 Å². The van der Waals surface area contributed by atoms with Crippen LogP contribution in [-0.2, 0) is 6.54 Å². The van der Waals surface area contributed by atoms with E-state index in [9.17, 15) is 9.59 Å². The molecule has 2 aromatic heterocycles. The van der Waals surface area contributed by atoms with E-state index in [1.807, 2.05) is 24.3 Å². The van der Waals surface area contributed by atoms with Crippen molar-refractivity contribution in [1.29, 1.82) is 0 Å². The number of halogens is 2. The summed E-state index contributed by atoms with van der Waals surface area (Å²) in [5.74, 6) is 0.317. The molecule has 1 fully saturated rings. The second-order valence-electron chi connectivity index (χ2n) is 9.38. The highest BCUT2D eigenvalue weighted by Gasteiger charge is 2.35. The monoisotopic (exact) mass is 582 g/mol. The topological polar surface area (TPSA) is 99.7 Å². The Morgan fingerprint density at radius 3 is 2.62 bits per heavy atom. The van der Waals surface area contributed by atoms with Crippen LogP contribution in [0.5, 0.6) is 5.75 Å². The van der Waals surface area contributed by atoms with E-state index in [0.29, 0.717) is 48.7 Å². The third kappa shape index (κ3) is 4.89. The lowest BCUT2D eigenvalue weighted by Gasteiger charge is -2.28. The first-order valence-corrected chi connectivity index (χ1v) is 14.0. The Kier molecular flexibility index (Phi) is 7.03. The number of ether oxygens (including phenoxy) is 1. The predicted octanol–water partition coefficient (Wildman–Crippen LogP) is 6.93. The van der Waals surface area contributed by atoms with Gasteiger partial charge >= 0.3 is 6.03 Å². The second-order valence-corrected chi connectivity index (χ2v) is 11.2. The van der Waals surface area contributed by atoms with Crippen LogP contribution in [0.4, 0.5) is 27.7 Å². The molecule has 0 aliphatic carbocycles. The van der Waals surface area contributed by atoms with Gasteiger partial charge in [-0.2, -0.15) is 0 Å². The van der Waals surface area contributed by atoms with Gasteiger partial charge < -0.3 is 15.4 Å². The number of amides is 3. The normalized spacial score (nSPS) is 15.4. The van der Waals surface area contributed by atoms with Gasteiger partial charge in [0.2, 0.25) is 0 Å². The molecule has 200 valence electrons. The van der Waals surface area contributed by atoms with Crippen LogP contribution in [0.2, 0.25) is 10.0 Å². The molecule has 9 nitrogen and oxygen atoms in total. The van der Waals surface area contributed by atoms with E-state index in [4.69, 9.17) is 27.9 Å². The Bertz CT molecular complexity index is 1590. The molecule has 2 aromatic carbocycles. The van der Waals surface area contributed by atoms with Crippen molar-refractivity contribution in [2.45, 2.75) is 25.8 Å². The molecule has 4 heterocycles. The molecule has 4 aromatic rings. The van der Waals surface area contributed by atoms with Crippen molar-refractivity contribution in [2.24, 2.45) is 0 Å². The van der Waals surface area contributed by atoms with Crippen molar-refractivity contribution < 1.29 is 14.3 Å². The summed E-state index contributed by atoms with van der Waals surface area (Å²) in [7, 11) is 1.47. The fourth-order valence-electron chi connectivity index (χ4n) is 4.95. The summed E-state index contributed by atoms with van der Waals surface area (Å²) in [6.07, 6.45) is 5.14. The number of carbonyl (C=O) groups is 2. The lowest BCUT2D eigenvalue weighted by atomic mass is 10.1. The highest BCUT2D eigenvalue weighted by molar-refractivity contribution is 7.21. The Morgan fingerprint density at radius 1 is 1.10 bits per heavy atom. The van der Waals surface area contributed by atoms with Gasteiger partial charge in [0, 0.05) is 18.3 Å². The van der Waals surface area contributed by atoms with Crippen LogP contribution in [0, 0.1) is 0 Å². The number of nitrogens with one attached hydrogen (secondary N) is 2. The number of nitrogens with zero attached hydrogens (tertiary/aromatic N) is 4. The van der Waals surface area contributed by atoms with Crippen molar-refractivity contribution in [3.8, 4) is 5.75 Å². The average molecular weight is 584 g/mol.